The second-order valence-electron chi connectivity index (χ2n) is 4.44. The SMILES string of the molecule is Cc1cc(CNc2ccc(Br)cc2C(F)(F)F)n(C)n1. The van der Waals surface area contributed by atoms with E-state index in [-0.39, 0.29) is 12.2 Å². The molecule has 0 aliphatic carbocycles. The highest BCUT2D eigenvalue weighted by Crippen LogP contribution is 2.36. The first-order valence-electron chi connectivity index (χ1n) is 5.87. The molecule has 1 N–H and O–H groups in total. The third-order valence-corrected chi connectivity index (χ3v) is 3.34. The predicted molar refractivity (Wildman–Crippen MR) is 74.4 cm³/mol. The van der Waals surface area contributed by atoms with Gasteiger partial charge in [-0.1, -0.05) is 15.9 Å². The molecule has 0 amide bonds. The molecule has 2 rings (SSSR count). The molecule has 108 valence electrons. The molecule has 0 saturated heterocycles. The van der Waals surface area contributed by atoms with Gasteiger partial charge in [-0.3, -0.25) is 4.68 Å². The fourth-order valence-corrected chi connectivity index (χ4v) is 2.28. The molecular formula is C13H13BrF3N3. The van der Waals surface area contributed by atoms with Crippen LogP contribution in [0.4, 0.5) is 18.9 Å². The van der Waals surface area contributed by atoms with Crippen molar-refractivity contribution in [1.82, 2.24) is 9.78 Å². The molecule has 0 saturated carbocycles. The normalized spacial score (nSPS) is 11.7. The summed E-state index contributed by atoms with van der Waals surface area (Å²) in [5.41, 5.74) is 1.01. The van der Waals surface area contributed by atoms with Gasteiger partial charge in [-0.15, -0.1) is 0 Å². The van der Waals surface area contributed by atoms with Crippen molar-refractivity contribution in [2.75, 3.05) is 5.32 Å². The lowest BCUT2D eigenvalue weighted by Gasteiger charge is -2.15. The number of halogens is 4. The van der Waals surface area contributed by atoms with E-state index in [9.17, 15) is 13.2 Å². The Morgan fingerprint density at radius 3 is 2.55 bits per heavy atom. The molecule has 0 aliphatic heterocycles. The zero-order valence-corrected chi connectivity index (χ0v) is 12.5. The van der Waals surface area contributed by atoms with E-state index in [0.717, 1.165) is 17.5 Å². The third kappa shape index (κ3) is 3.33. The number of rotatable bonds is 3. The number of hydrogen-bond donors (Lipinski definition) is 1. The quantitative estimate of drug-likeness (QED) is 0.904. The molecule has 1 heterocycles. The van der Waals surface area contributed by atoms with Crippen LogP contribution >= 0.6 is 15.9 Å². The Bertz CT molecular complexity index is 620. The molecule has 20 heavy (non-hydrogen) atoms. The van der Waals surface area contributed by atoms with Gasteiger partial charge in [0.2, 0.25) is 0 Å². The molecule has 1 aromatic heterocycles. The summed E-state index contributed by atoms with van der Waals surface area (Å²) in [5, 5.41) is 6.97. The molecule has 0 atom stereocenters. The van der Waals surface area contributed by atoms with Crippen LogP contribution in [0.1, 0.15) is 17.0 Å². The molecule has 2 aromatic rings. The van der Waals surface area contributed by atoms with Crippen molar-refractivity contribution in [2.24, 2.45) is 7.05 Å². The zero-order valence-electron chi connectivity index (χ0n) is 10.9. The van der Waals surface area contributed by atoms with Crippen LogP contribution in [0.2, 0.25) is 0 Å². The summed E-state index contributed by atoms with van der Waals surface area (Å²) < 4.78 is 40.9. The molecule has 7 heteroatoms. The fourth-order valence-electron chi connectivity index (χ4n) is 1.92. The Hall–Kier alpha value is -1.50. The van der Waals surface area contributed by atoms with E-state index in [2.05, 4.69) is 26.3 Å². The van der Waals surface area contributed by atoms with Gasteiger partial charge in [0.05, 0.1) is 23.5 Å². The lowest BCUT2D eigenvalue weighted by atomic mass is 10.1. The Labute approximate surface area is 122 Å². The van der Waals surface area contributed by atoms with Crippen molar-refractivity contribution in [3.05, 3.63) is 45.7 Å². The summed E-state index contributed by atoms with van der Waals surface area (Å²) >= 11 is 3.06. The van der Waals surface area contributed by atoms with E-state index in [0.29, 0.717) is 4.47 Å². The third-order valence-electron chi connectivity index (χ3n) is 2.85. The average Bonchev–Trinajstić information content (AvgIpc) is 2.65. The maximum atomic E-state index is 13.0. The maximum absolute atomic E-state index is 13.0. The van der Waals surface area contributed by atoms with Gasteiger partial charge in [-0.25, -0.2) is 0 Å². The summed E-state index contributed by atoms with van der Waals surface area (Å²) in [4.78, 5) is 0. The number of aryl methyl sites for hydroxylation is 2. The number of alkyl halides is 3. The first-order chi connectivity index (χ1) is 9.27. The van der Waals surface area contributed by atoms with Crippen LogP contribution in [-0.2, 0) is 19.8 Å². The number of benzene rings is 1. The van der Waals surface area contributed by atoms with Crippen molar-refractivity contribution in [3.8, 4) is 0 Å². The van der Waals surface area contributed by atoms with Gasteiger partial charge in [-0.2, -0.15) is 18.3 Å². The van der Waals surface area contributed by atoms with E-state index in [1.165, 1.54) is 6.07 Å². The topological polar surface area (TPSA) is 29.9 Å². The zero-order chi connectivity index (χ0) is 14.9. The van der Waals surface area contributed by atoms with Crippen LogP contribution in [0.3, 0.4) is 0 Å². The summed E-state index contributed by atoms with van der Waals surface area (Å²) in [7, 11) is 1.76. The smallest absolute Gasteiger partial charge is 0.379 e. The van der Waals surface area contributed by atoms with Crippen molar-refractivity contribution >= 4 is 21.6 Å². The van der Waals surface area contributed by atoms with Crippen LogP contribution in [0.25, 0.3) is 0 Å². The van der Waals surface area contributed by atoms with Crippen LogP contribution in [-0.4, -0.2) is 9.78 Å². The van der Waals surface area contributed by atoms with Gasteiger partial charge in [0, 0.05) is 17.2 Å². The lowest BCUT2D eigenvalue weighted by Crippen LogP contribution is -2.12. The Kier molecular flexibility index (Phi) is 4.08. The molecule has 1 aromatic carbocycles. The molecule has 3 nitrogen and oxygen atoms in total. The van der Waals surface area contributed by atoms with Crippen LogP contribution < -0.4 is 5.32 Å². The van der Waals surface area contributed by atoms with Gasteiger partial charge in [0.1, 0.15) is 0 Å². The molecular weight excluding hydrogens is 335 g/mol. The molecule has 0 spiro atoms. The van der Waals surface area contributed by atoms with E-state index in [4.69, 9.17) is 0 Å². The second kappa shape index (κ2) is 5.47. The highest BCUT2D eigenvalue weighted by Gasteiger charge is 2.33. The number of nitrogens with zero attached hydrogens (tertiary/aromatic N) is 2. The molecule has 0 bridgehead atoms. The highest BCUT2D eigenvalue weighted by molar-refractivity contribution is 9.10. The average molecular weight is 348 g/mol. The van der Waals surface area contributed by atoms with Crippen molar-refractivity contribution in [1.29, 1.82) is 0 Å². The molecule has 0 aliphatic rings. The van der Waals surface area contributed by atoms with Gasteiger partial charge in [-0.05, 0) is 31.2 Å². The van der Waals surface area contributed by atoms with E-state index in [1.54, 1.807) is 17.8 Å². The minimum atomic E-state index is -4.39. The minimum Gasteiger partial charge on any atom is -0.379 e. The van der Waals surface area contributed by atoms with Crippen LogP contribution in [0.5, 0.6) is 0 Å². The fraction of sp³-hybridized carbons (Fsp3) is 0.308. The van der Waals surface area contributed by atoms with E-state index >= 15 is 0 Å². The van der Waals surface area contributed by atoms with E-state index in [1.807, 2.05) is 13.0 Å². The molecule has 0 unspecified atom stereocenters. The van der Waals surface area contributed by atoms with Crippen LogP contribution in [0, 0.1) is 6.92 Å². The monoisotopic (exact) mass is 347 g/mol. The van der Waals surface area contributed by atoms with Crippen molar-refractivity contribution < 1.29 is 13.2 Å². The number of aromatic nitrogens is 2. The van der Waals surface area contributed by atoms with Crippen molar-refractivity contribution in [2.45, 2.75) is 19.6 Å². The summed E-state index contributed by atoms with van der Waals surface area (Å²) in [6, 6.07) is 5.89. The Morgan fingerprint density at radius 1 is 1.30 bits per heavy atom. The van der Waals surface area contributed by atoms with E-state index < -0.39 is 11.7 Å². The van der Waals surface area contributed by atoms with Gasteiger partial charge in [0.15, 0.2) is 0 Å². The van der Waals surface area contributed by atoms with Gasteiger partial charge < -0.3 is 5.32 Å². The first kappa shape index (κ1) is 14.9. The Balaban J connectivity index is 2.23. The number of hydrogen-bond acceptors (Lipinski definition) is 2. The highest BCUT2D eigenvalue weighted by atomic mass is 79.9. The van der Waals surface area contributed by atoms with Gasteiger partial charge in [0.25, 0.3) is 0 Å². The Morgan fingerprint density at radius 2 is 2.00 bits per heavy atom. The standard InChI is InChI=1S/C13H13BrF3N3/c1-8-5-10(20(2)19-8)7-18-12-4-3-9(14)6-11(12)13(15,16)17/h3-6,18H,7H2,1-2H3. The number of nitrogens with one attached hydrogen (secondary N) is 1. The molecule has 0 fully saturated rings. The molecule has 0 radical (unpaired) electrons. The maximum Gasteiger partial charge on any atom is 0.418 e. The summed E-state index contributed by atoms with van der Waals surface area (Å²) in [6.07, 6.45) is -4.39. The second-order valence-corrected chi connectivity index (χ2v) is 5.36. The predicted octanol–water partition coefficient (Wildman–Crippen LogP) is 4.12. The summed E-state index contributed by atoms with van der Waals surface area (Å²) in [6.45, 7) is 2.12. The minimum absolute atomic E-state index is 0.0551. The van der Waals surface area contributed by atoms with Crippen LogP contribution in [0.15, 0.2) is 28.7 Å². The van der Waals surface area contributed by atoms with Gasteiger partial charge >= 0.3 is 6.18 Å². The largest absolute Gasteiger partial charge is 0.418 e. The summed E-state index contributed by atoms with van der Waals surface area (Å²) in [5.74, 6) is 0. The lowest BCUT2D eigenvalue weighted by molar-refractivity contribution is -0.137. The van der Waals surface area contributed by atoms with Crippen molar-refractivity contribution in [3.63, 3.8) is 0 Å². The first-order valence-corrected chi connectivity index (χ1v) is 6.67. The number of anilines is 1.